The maximum Gasteiger partial charge on any atom is 0.191 e. The van der Waals surface area contributed by atoms with E-state index >= 15 is 0 Å². The van der Waals surface area contributed by atoms with Gasteiger partial charge in [0.15, 0.2) is 5.96 Å². The summed E-state index contributed by atoms with van der Waals surface area (Å²) < 4.78 is 1.86. The van der Waals surface area contributed by atoms with Crippen molar-refractivity contribution in [3.05, 3.63) is 42.6 Å². The molecule has 114 valence electrons. The van der Waals surface area contributed by atoms with Crippen LogP contribution >= 0.6 is 24.0 Å². The van der Waals surface area contributed by atoms with Crippen LogP contribution in [0.25, 0.3) is 5.82 Å². The summed E-state index contributed by atoms with van der Waals surface area (Å²) >= 11 is 0. The Morgan fingerprint density at radius 1 is 1.33 bits per heavy atom. The molecular formula is C14H21IN6. The van der Waals surface area contributed by atoms with E-state index in [0.29, 0.717) is 12.5 Å². The Morgan fingerprint density at radius 3 is 2.71 bits per heavy atom. The van der Waals surface area contributed by atoms with Crippen LogP contribution in [0.5, 0.6) is 0 Å². The van der Waals surface area contributed by atoms with Crippen LogP contribution < -0.4 is 5.73 Å². The van der Waals surface area contributed by atoms with Gasteiger partial charge < -0.3 is 10.6 Å². The molecule has 6 nitrogen and oxygen atoms in total. The van der Waals surface area contributed by atoms with Crippen molar-refractivity contribution in [1.82, 2.24) is 19.4 Å². The third-order valence-corrected chi connectivity index (χ3v) is 3.09. The Hall–Kier alpha value is -1.64. The van der Waals surface area contributed by atoms with Crippen LogP contribution in [0.4, 0.5) is 0 Å². The van der Waals surface area contributed by atoms with Crippen LogP contribution in [0.3, 0.4) is 0 Å². The summed E-state index contributed by atoms with van der Waals surface area (Å²) in [4.78, 5) is 14.8. The summed E-state index contributed by atoms with van der Waals surface area (Å²) in [5.74, 6) is 1.41. The smallest absolute Gasteiger partial charge is 0.191 e. The van der Waals surface area contributed by atoms with E-state index in [2.05, 4.69) is 28.8 Å². The van der Waals surface area contributed by atoms with Gasteiger partial charge in [-0.3, -0.25) is 4.57 Å². The Balaban J connectivity index is 0.00000220. The maximum absolute atomic E-state index is 5.96. The predicted molar refractivity (Wildman–Crippen MR) is 95.0 cm³/mol. The summed E-state index contributed by atoms with van der Waals surface area (Å²) in [6.07, 6.45) is 7.08. The Labute approximate surface area is 142 Å². The van der Waals surface area contributed by atoms with E-state index in [1.807, 2.05) is 27.8 Å². The zero-order valence-electron chi connectivity index (χ0n) is 12.3. The number of guanidine groups is 1. The van der Waals surface area contributed by atoms with Gasteiger partial charge in [0.2, 0.25) is 0 Å². The topological polar surface area (TPSA) is 72.3 Å². The predicted octanol–water partition coefficient (Wildman–Crippen LogP) is 2.04. The molecule has 0 aromatic carbocycles. The van der Waals surface area contributed by atoms with Gasteiger partial charge in [-0.1, -0.05) is 0 Å². The third-order valence-electron chi connectivity index (χ3n) is 3.09. The first-order chi connectivity index (χ1) is 9.74. The monoisotopic (exact) mass is 400 g/mol. The molecule has 2 aromatic rings. The number of imidazole rings is 1. The first kappa shape index (κ1) is 17.4. The molecule has 0 unspecified atom stereocenters. The van der Waals surface area contributed by atoms with Crippen molar-refractivity contribution in [2.75, 3.05) is 13.1 Å². The molecule has 0 aliphatic heterocycles. The number of halogens is 1. The van der Waals surface area contributed by atoms with Crippen molar-refractivity contribution in [3.63, 3.8) is 0 Å². The number of hydrogen-bond donors (Lipinski definition) is 1. The lowest BCUT2D eigenvalue weighted by atomic mass is 10.2. The Bertz CT molecular complexity index is 563. The minimum absolute atomic E-state index is 0. The lowest BCUT2D eigenvalue weighted by Crippen LogP contribution is -2.37. The fraction of sp³-hybridized carbons (Fsp3) is 0.357. The van der Waals surface area contributed by atoms with E-state index in [-0.39, 0.29) is 24.0 Å². The van der Waals surface area contributed by atoms with Gasteiger partial charge in [-0.25, -0.2) is 15.0 Å². The molecule has 0 radical (unpaired) electrons. The first-order valence-electron chi connectivity index (χ1n) is 6.72. The van der Waals surface area contributed by atoms with Crippen LogP contribution in [0, 0.1) is 0 Å². The summed E-state index contributed by atoms with van der Waals surface area (Å²) in [7, 11) is 0. The van der Waals surface area contributed by atoms with Crippen molar-refractivity contribution in [2.45, 2.75) is 20.4 Å². The lowest BCUT2D eigenvalue weighted by molar-refractivity contribution is 0.458. The average Bonchev–Trinajstić information content (AvgIpc) is 3.01. The molecule has 2 rings (SSSR count). The standard InChI is InChI=1S/C14H20N6.HI/c1-3-19(4-2)14(15)18-10-12-5-6-17-13(9-12)20-8-7-16-11-20;/h5-9,11H,3-4,10H2,1-2H3,(H2,15,18);1H. The Morgan fingerprint density at radius 2 is 2.10 bits per heavy atom. The zero-order chi connectivity index (χ0) is 14.4. The van der Waals surface area contributed by atoms with Crippen LogP contribution in [0.2, 0.25) is 0 Å². The second-order valence-corrected chi connectivity index (χ2v) is 4.34. The van der Waals surface area contributed by atoms with Crippen molar-refractivity contribution in [2.24, 2.45) is 10.7 Å². The molecule has 21 heavy (non-hydrogen) atoms. The van der Waals surface area contributed by atoms with Gasteiger partial charge in [0.05, 0.1) is 6.54 Å². The molecule has 2 aromatic heterocycles. The second kappa shape index (κ2) is 8.60. The fourth-order valence-electron chi connectivity index (χ4n) is 1.91. The number of rotatable bonds is 5. The molecule has 0 fully saturated rings. The second-order valence-electron chi connectivity index (χ2n) is 4.34. The van der Waals surface area contributed by atoms with E-state index in [1.54, 1.807) is 18.7 Å². The van der Waals surface area contributed by atoms with Crippen molar-refractivity contribution < 1.29 is 0 Å². The molecule has 0 amide bonds. The summed E-state index contributed by atoms with van der Waals surface area (Å²) in [6, 6.07) is 3.93. The highest BCUT2D eigenvalue weighted by atomic mass is 127. The third kappa shape index (κ3) is 4.69. The molecule has 2 N–H and O–H groups in total. The SMILES string of the molecule is CCN(CC)C(N)=NCc1ccnc(-n2ccnc2)c1.I. The van der Waals surface area contributed by atoms with Crippen molar-refractivity contribution >= 4 is 29.9 Å². The Kier molecular flexibility index (Phi) is 7.13. The van der Waals surface area contributed by atoms with E-state index in [4.69, 9.17) is 5.73 Å². The summed E-state index contributed by atoms with van der Waals surface area (Å²) in [6.45, 7) is 6.41. The van der Waals surface area contributed by atoms with E-state index in [0.717, 1.165) is 24.5 Å². The largest absolute Gasteiger partial charge is 0.370 e. The number of nitrogens with zero attached hydrogens (tertiary/aromatic N) is 5. The number of pyridine rings is 1. The van der Waals surface area contributed by atoms with Gasteiger partial charge in [-0.05, 0) is 31.5 Å². The lowest BCUT2D eigenvalue weighted by Gasteiger charge is -2.19. The number of nitrogens with two attached hydrogens (primary N) is 1. The normalized spacial score (nSPS) is 11.0. The van der Waals surface area contributed by atoms with Crippen LogP contribution in [-0.4, -0.2) is 38.5 Å². The minimum Gasteiger partial charge on any atom is -0.370 e. The van der Waals surface area contributed by atoms with Crippen molar-refractivity contribution in [1.29, 1.82) is 0 Å². The highest BCUT2D eigenvalue weighted by molar-refractivity contribution is 14.0. The van der Waals surface area contributed by atoms with E-state index in [9.17, 15) is 0 Å². The van der Waals surface area contributed by atoms with Gasteiger partial charge in [0.25, 0.3) is 0 Å². The van der Waals surface area contributed by atoms with Crippen molar-refractivity contribution in [3.8, 4) is 5.82 Å². The molecule has 0 saturated carbocycles. The summed E-state index contributed by atoms with van der Waals surface area (Å²) in [5, 5.41) is 0. The molecule has 0 atom stereocenters. The molecular weight excluding hydrogens is 379 g/mol. The number of aliphatic imine (C=N–C) groups is 1. The van der Waals surface area contributed by atoms with E-state index in [1.165, 1.54) is 0 Å². The quantitative estimate of drug-likeness (QED) is 0.474. The van der Waals surface area contributed by atoms with Gasteiger partial charge in [-0.15, -0.1) is 24.0 Å². The highest BCUT2D eigenvalue weighted by Crippen LogP contribution is 2.08. The number of hydrogen-bond acceptors (Lipinski definition) is 3. The summed E-state index contributed by atoms with van der Waals surface area (Å²) in [5.41, 5.74) is 7.03. The molecule has 2 heterocycles. The zero-order valence-corrected chi connectivity index (χ0v) is 14.6. The van der Waals surface area contributed by atoms with Crippen LogP contribution in [0.1, 0.15) is 19.4 Å². The van der Waals surface area contributed by atoms with Crippen LogP contribution in [-0.2, 0) is 6.54 Å². The molecule has 0 bridgehead atoms. The van der Waals surface area contributed by atoms with E-state index < -0.39 is 0 Å². The maximum atomic E-state index is 5.96. The minimum atomic E-state index is 0. The van der Waals surface area contributed by atoms with Crippen LogP contribution in [0.15, 0.2) is 42.0 Å². The molecule has 0 spiro atoms. The van der Waals surface area contributed by atoms with Gasteiger partial charge in [-0.2, -0.15) is 0 Å². The number of aromatic nitrogens is 3. The fourth-order valence-corrected chi connectivity index (χ4v) is 1.91. The van der Waals surface area contributed by atoms with Gasteiger partial charge >= 0.3 is 0 Å². The van der Waals surface area contributed by atoms with Gasteiger partial charge in [0.1, 0.15) is 12.1 Å². The molecule has 0 saturated heterocycles. The first-order valence-corrected chi connectivity index (χ1v) is 6.72. The molecule has 0 aliphatic carbocycles. The van der Waals surface area contributed by atoms with Gasteiger partial charge in [0, 0.05) is 31.7 Å². The molecule has 7 heteroatoms. The molecule has 0 aliphatic rings. The average molecular weight is 400 g/mol. The highest BCUT2D eigenvalue weighted by Gasteiger charge is 2.03.